The molecule has 1 aliphatic carbocycles. The van der Waals surface area contributed by atoms with Crippen molar-refractivity contribution in [2.45, 2.75) is 64.5 Å². The smallest absolute Gasteiger partial charge is 0.191 e. The van der Waals surface area contributed by atoms with E-state index in [2.05, 4.69) is 34.4 Å². The second kappa shape index (κ2) is 8.81. The molecule has 1 aromatic heterocycles. The Hall–Kier alpha value is -1.14. The van der Waals surface area contributed by atoms with E-state index in [1.54, 1.807) is 0 Å². The molecule has 2 aliphatic rings. The van der Waals surface area contributed by atoms with Gasteiger partial charge in [-0.3, -0.25) is 4.99 Å². The van der Waals surface area contributed by atoms with Crippen molar-refractivity contribution in [3.05, 3.63) is 16.1 Å². The molecular formula is C18H31N5S. The normalized spacial score (nSPS) is 20.3. The molecule has 1 aliphatic heterocycles. The summed E-state index contributed by atoms with van der Waals surface area (Å²) in [6, 6.07) is 1.46. The van der Waals surface area contributed by atoms with Gasteiger partial charge in [0, 0.05) is 55.8 Å². The third-order valence-electron chi connectivity index (χ3n) is 4.82. The lowest BCUT2D eigenvalue weighted by atomic mass is 10.1. The lowest BCUT2D eigenvalue weighted by Gasteiger charge is -2.33. The van der Waals surface area contributed by atoms with Gasteiger partial charge >= 0.3 is 0 Å². The summed E-state index contributed by atoms with van der Waals surface area (Å²) in [5.74, 6) is 0.967. The van der Waals surface area contributed by atoms with Crippen molar-refractivity contribution in [2.24, 2.45) is 4.99 Å². The van der Waals surface area contributed by atoms with E-state index in [0.717, 1.165) is 37.9 Å². The number of nitrogens with zero attached hydrogens (tertiary/aromatic N) is 3. The average Bonchev–Trinajstić information content (AvgIpc) is 3.35. The molecule has 0 aromatic carbocycles. The molecule has 0 radical (unpaired) electrons. The average molecular weight is 350 g/mol. The van der Waals surface area contributed by atoms with E-state index in [4.69, 9.17) is 4.99 Å². The van der Waals surface area contributed by atoms with Gasteiger partial charge in [-0.2, -0.15) is 0 Å². The Morgan fingerprint density at radius 3 is 2.71 bits per heavy atom. The SMILES string of the molecule is CCNC(=NCCc1ncc(CC)s1)NC1CCN(C2CC2)CC1. The molecule has 3 rings (SSSR count). The van der Waals surface area contributed by atoms with Gasteiger partial charge in [-0.1, -0.05) is 6.92 Å². The lowest BCUT2D eigenvalue weighted by Crippen LogP contribution is -2.49. The maximum atomic E-state index is 4.75. The van der Waals surface area contributed by atoms with E-state index in [9.17, 15) is 0 Å². The Balaban J connectivity index is 1.44. The molecule has 0 amide bonds. The van der Waals surface area contributed by atoms with Gasteiger partial charge in [0.1, 0.15) is 0 Å². The van der Waals surface area contributed by atoms with Crippen LogP contribution in [-0.2, 0) is 12.8 Å². The van der Waals surface area contributed by atoms with Gasteiger partial charge in [-0.05, 0) is 39.0 Å². The minimum Gasteiger partial charge on any atom is -0.357 e. The van der Waals surface area contributed by atoms with Gasteiger partial charge in [0.2, 0.25) is 0 Å². The number of hydrogen-bond donors (Lipinski definition) is 2. The van der Waals surface area contributed by atoms with Gasteiger partial charge in [0.05, 0.1) is 5.01 Å². The summed E-state index contributed by atoms with van der Waals surface area (Å²) in [6.45, 7) is 8.48. The maximum absolute atomic E-state index is 4.75. The quantitative estimate of drug-likeness (QED) is 0.586. The standard InChI is InChI=1S/C18H31N5S/c1-3-16-13-21-17(24-16)7-10-20-18(19-4-2)22-14-8-11-23(12-9-14)15-5-6-15/h13-15H,3-12H2,1-2H3,(H2,19,20,22). The van der Waals surface area contributed by atoms with Crippen LogP contribution in [0.15, 0.2) is 11.2 Å². The Kier molecular flexibility index (Phi) is 6.49. The number of aromatic nitrogens is 1. The zero-order valence-electron chi connectivity index (χ0n) is 15.1. The van der Waals surface area contributed by atoms with Crippen molar-refractivity contribution < 1.29 is 0 Å². The number of nitrogens with one attached hydrogen (secondary N) is 2. The molecule has 2 heterocycles. The third kappa shape index (κ3) is 5.18. The van der Waals surface area contributed by atoms with Gasteiger partial charge in [-0.15, -0.1) is 11.3 Å². The van der Waals surface area contributed by atoms with Crippen LogP contribution >= 0.6 is 11.3 Å². The first-order chi connectivity index (χ1) is 11.8. The first-order valence-electron chi connectivity index (χ1n) is 9.51. The van der Waals surface area contributed by atoms with Crippen molar-refractivity contribution in [1.82, 2.24) is 20.5 Å². The second-order valence-corrected chi connectivity index (χ2v) is 7.97. The van der Waals surface area contributed by atoms with Crippen LogP contribution in [0.4, 0.5) is 0 Å². The summed E-state index contributed by atoms with van der Waals surface area (Å²) in [7, 11) is 0. The number of rotatable bonds is 7. The molecule has 0 bridgehead atoms. The zero-order chi connectivity index (χ0) is 16.8. The first-order valence-corrected chi connectivity index (χ1v) is 10.3. The van der Waals surface area contributed by atoms with Crippen LogP contribution in [0, 0.1) is 0 Å². The summed E-state index contributed by atoms with van der Waals surface area (Å²) < 4.78 is 0. The molecule has 5 nitrogen and oxygen atoms in total. The fourth-order valence-corrected chi connectivity index (χ4v) is 4.10. The molecule has 1 aromatic rings. The molecule has 2 N–H and O–H groups in total. The van der Waals surface area contributed by atoms with Crippen molar-refractivity contribution >= 4 is 17.3 Å². The van der Waals surface area contributed by atoms with Crippen molar-refractivity contribution in [2.75, 3.05) is 26.2 Å². The second-order valence-electron chi connectivity index (χ2n) is 6.77. The largest absolute Gasteiger partial charge is 0.357 e. The van der Waals surface area contributed by atoms with Gasteiger partial charge < -0.3 is 15.5 Å². The van der Waals surface area contributed by atoms with Crippen LogP contribution in [0.3, 0.4) is 0 Å². The van der Waals surface area contributed by atoms with Crippen molar-refractivity contribution in [1.29, 1.82) is 0 Å². The van der Waals surface area contributed by atoms with E-state index in [-0.39, 0.29) is 0 Å². The fraction of sp³-hybridized carbons (Fsp3) is 0.778. The molecule has 134 valence electrons. The molecule has 24 heavy (non-hydrogen) atoms. The highest BCUT2D eigenvalue weighted by Crippen LogP contribution is 2.29. The monoisotopic (exact) mass is 349 g/mol. The highest BCUT2D eigenvalue weighted by Gasteiger charge is 2.31. The summed E-state index contributed by atoms with van der Waals surface area (Å²) in [4.78, 5) is 13.3. The molecule has 6 heteroatoms. The highest BCUT2D eigenvalue weighted by molar-refractivity contribution is 7.11. The Morgan fingerprint density at radius 1 is 1.29 bits per heavy atom. The van der Waals surface area contributed by atoms with Crippen molar-refractivity contribution in [3.63, 3.8) is 0 Å². The number of hydrogen-bond acceptors (Lipinski definition) is 4. The molecule has 0 unspecified atom stereocenters. The van der Waals surface area contributed by atoms with E-state index < -0.39 is 0 Å². The third-order valence-corrected chi connectivity index (χ3v) is 6.02. The van der Waals surface area contributed by atoms with Crippen LogP contribution < -0.4 is 10.6 Å². The van der Waals surface area contributed by atoms with Gasteiger partial charge in [0.25, 0.3) is 0 Å². The van der Waals surface area contributed by atoms with Gasteiger partial charge in [-0.25, -0.2) is 4.98 Å². The number of guanidine groups is 1. The van der Waals surface area contributed by atoms with Crippen LogP contribution in [0.1, 0.15) is 49.4 Å². The molecule has 2 fully saturated rings. The molecule has 1 saturated carbocycles. The van der Waals surface area contributed by atoms with Crippen LogP contribution in [0.5, 0.6) is 0 Å². The van der Waals surface area contributed by atoms with Crippen LogP contribution in [-0.4, -0.2) is 54.1 Å². The maximum Gasteiger partial charge on any atom is 0.191 e. The molecule has 1 saturated heterocycles. The minimum absolute atomic E-state index is 0.560. The Morgan fingerprint density at radius 2 is 2.08 bits per heavy atom. The Labute approximate surface area is 150 Å². The number of piperidine rings is 1. The minimum atomic E-state index is 0.560. The van der Waals surface area contributed by atoms with Gasteiger partial charge in [0.15, 0.2) is 5.96 Å². The predicted octanol–water partition coefficient (Wildman–Crippen LogP) is 2.43. The Bertz CT molecular complexity index is 529. The predicted molar refractivity (Wildman–Crippen MR) is 102 cm³/mol. The fourth-order valence-electron chi connectivity index (χ4n) is 3.25. The number of likely N-dealkylation sites (tertiary alicyclic amines) is 1. The molecule has 0 spiro atoms. The van der Waals surface area contributed by atoms with Crippen LogP contribution in [0.2, 0.25) is 0 Å². The van der Waals surface area contributed by atoms with Crippen molar-refractivity contribution in [3.8, 4) is 0 Å². The highest BCUT2D eigenvalue weighted by atomic mass is 32.1. The van der Waals surface area contributed by atoms with E-state index >= 15 is 0 Å². The van der Waals surface area contributed by atoms with E-state index in [0.29, 0.717) is 6.04 Å². The first kappa shape index (κ1) is 17.7. The van der Waals surface area contributed by atoms with E-state index in [1.165, 1.54) is 48.7 Å². The topological polar surface area (TPSA) is 52.6 Å². The number of thiazole rings is 1. The number of aryl methyl sites for hydroxylation is 1. The summed E-state index contributed by atoms with van der Waals surface area (Å²) >= 11 is 1.82. The van der Waals surface area contributed by atoms with E-state index in [1.807, 2.05) is 17.5 Å². The summed E-state index contributed by atoms with van der Waals surface area (Å²) in [5.41, 5.74) is 0. The molecule has 0 atom stereocenters. The lowest BCUT2D eigenvalue weighted by molar-refractivity contribution is 0.197. The summed E-state index contributed by atoms with van der Waals surface area (Å²) in [5, 5.41) is 8.22. The summed E-state index contributed by atoms with van der Waals surface area (Å²) in [6.07, 6.45) is 9.30. The van der Waals surface area contributed by atoms with Crippen LogP contribution in [0.25, 0.3) is 0 Å². The zero-order valence-corrected chi connectivity index (χ0v) is 15.9. The number of aliphatic imine (C=N–C) groups is 1. The molecular weight excluding hydrogens is 318 g/mol.